The summed E-state index contributed by atoms with van der Waals surface area (Å²) in [7, 11) is 0. The van der Waals surface area contributed by atoms with E-state index in [2.05, 4.69) is 19.2 Å². The van der Waals surface area contributed by atoms with E-state index >= 15 is 0 Å². The lowest BCUT2D eigenvalue weighted by Crippen LogP contribution is -2.30. The van der Waals surface area contributed by atoms with Gasteiger partial charge in [0.05, 0.1) is 0 Å². The predicted octanol–water partition coefficient (Wildman–Crippen LogP) is 4.52. The summed E-state index contributed by atoms with van der Waals surface area (Å²) < 4.78 is 0. The Morgan fingerprint density at radius 1 is 1.06 bits per heavy atom. The third-order valence-corrected chi connectivity index (χ3v) is 3.97. The molecule has 1 aliphatic rings. The van der Waals surface area contributed by atoms with Crippen LogP contribution in [0.1, 0.15) is 78.1 Å². The van der Waals surface area contributed by atoms with Gasteiger partial charge in [-0.2, -0.15) is 0 Å². The zero-order chi connectivity index (χ0) is 11.6. The molecule has 0 aromatic carbocycles. The lowest BCUT2D eigenvalue weighted by molar-refractivity contribution is 0.420. The molecule has 0 spiro atoms. The molecule has 0 heterocycles. The van der Waals surface area contributed by atoms with E-state index in [9.17, 15) is 0 Å². The van der Waals surface area contributed by atoms with Crippen LogP contribution in [-0.4, -0.2) is 12.6 Å². The highest BCUT2D eigenvalue weighted by Crippen LogP contribution is 2.23. The lowest BCUT2D eigenvalue weighted by atomic mass is 10.1. The molecule has 1 atom stereocenters. The van der Waals surface area contributed by atoms with Crippen LogP contribution in [0.25, 0.3) is 0 Å². The highest BCUT2D eigenvalue weighted by Gasteiger charge is 2.15. The van der Waals surface area contributed by atoms with Crippen LogP contribution in [0.3, 0.4) is 0 Å². The highest BCUT2D eigenvalue weighted by molar-refractivity contribution is 4.71. The first-order valence-electron chi connectivity index (χ1n) is 7.56. The van der Waals surface area contributed by atoms with Crippen molar-refractivity contribution < 1.29 is 0 Å². The van der Waals surface area contributed by atoms with Gasteiger partial charge in [-0.1, -0.05) is 51.9 Å². The minimum atomic E-state index is 0.738. The zero-order valence-electron chi connectivity index (χ0n) is 11.4. The quantitative estimate of drug-likeness (QED) is 0.569. The van der Waals surface area contributed by atoms with Crippen molar-refractivity contribution in [3.05, 3.63) is 0 Å². The molecule has 0 aromatic heterocycles. The van der Waals surface area contributed by atoms with E-state index in [4.69, 9.17) is 0 Å². The number of rotatable bonds is 9. The van der Waals surface area contributed by atoms with E-state index in [1.54, 1.807) is 0 Å². The Morgan fingerprint density at radius 3 is 2.44 bits per heavy atom. The summed E-state index contributed by atoms with van der Waals surface area (Å²) in [5, 5.41) is 3.72. The highest BCUT2D eigenvalue weighted by atomic mass is 14.9. The van der Waals surface area contributed by atoms with Crippen molar-refractivity contribution >= 4 is 0 Å². The number of hydrogen-bond acceptors (Lipinski definition) is 1. The summed E-state index contributed by atoms with van der Waals surface area (Å²) in [6.07, 6.45) is 14.3. The van der Waals surface area contributed by atoms with Crippen LogP contribution < -0.4 is 5.32 Å². The summed E-state index contributed by atoms with van der Waals surface area (Å²) >= 11 is 0. The Morgan fingerprint density at radius 2 is 1.75 bits per heavy atom. The standard InChI is InChI=1S/C15H31N/c1-3-4-5-6-7-10-14(2)16-13-15-11-8-9-12-15/h14-16H,3-13H2,1-2H3. The molecule has 1 saturated carbocycles. The normalized spacial score (nSPS) is 19.1. The fraction of sp³-hybridized carbons (Fsp3) is 1.00. The Kier molecular flexibility index (Phi) is 7.92. The fourth-order valence-electron chi connectivity index (χ4n) is 2.74. The van der Waals surface area contributed by atoms with E-state index < -0.39 is 0 Å². The van der Waals surface area contributed by atoms with Gasteiger partial charge >= 0.3 is 0 Å². The molecule has 1 heteroatoms. The Labute approximate surface area is 102 Å². The van der Waals surface area contributed by atoms with Crippen molar-refractivity contribution in [3.8, 4) is 0 Å². The SMILES string of the molecule is CCCCCCCC(C)NCC1CCCC1. The molecule has 1 N–H and O–H groups in total. The van der Waals surface area contributed by atoms with E-state index in [0.29, 0.717) is 0 Å². The van der Waals surface area contributed by atoms with Crippen molar-refractivity contribution in [2.45, 2.75) is 84.1 Å². The molecule has 96 valence electrons. The maximum absolute atomic E-state index is 3.72. The number of nitrogens with one attached hydrogen (secondary N) is 1. The molecule has 0 saturated heterocycles. The van der Waals surface area contributed by atoms with Crippen LogP contribution in [0.4, 0.5) is 0 Å². The number of hydrogen-bond donors (Lipinski definition) is 1. The first kappa shape index (κ1) is 14.0. The van der Waals surface area contributed by atoms with Gasteiger partial charge in [-0.15, -0.1) is 0 Å². The molecule has 0 bridgehead atoms. The Hall–Kier alpha value is -0.0400. The smallest absolute Gasteiger partial charge is 0.00388 e. The summed E-state index contributed by atoms with van der Waals surface area (Å²) in [6.45, 7) is 5.91. The minimum Gasteiger partial charge on any atom is -0.314 e. The van der Waals surface area contributed by atoms with Gasteiger partial charge in [0.25, 0.3) is 0 Å². The van der Waals surface area contributed by atoms with Crippen LogP contribution in [-0.2, 0) is 0 Å². The Bertz CT molecular complexity index is 150. The molecular formula is C15H31N. The van der Waals surface area contributed by atoms with Crippen molar-refractivity contribution in [3.63, 3.8) is 0 Å². The topological polar surface area (TPSA) is 12.0 Å². The third kappa shape index (κ3) is 6.52. The molecule has 0 aliphatic heterocycles. The summed E-state index contributed by atoms with van der Waals surface area (Å²) in [6, 6.07) is 0.738. The van der Waals surface area contributed by atoms with E-state index in [1.807, 2.05) is 0 Å². The first-order chi connectivity index (χ1) is 7.83. The number of unbranched alkanes of at least 4 members (excludes halogenated alkanes) is 4. The van der Waals surface area contributed by atoms with Gasteiger partial charge in [0.2, 0.25) is 0 Å². The van der Waals surface area contributed by atoms with Gasteiger partial charge < -0.3 is 5.32 Å². The monoisotopic (exact) mass is 225 g/mol. The Balaban J connectivity index is 1.87. The molecule has 16 heavy (non-hydrogen) atoms. The van der Waals surface area contributed by atoms with Gasteiger partial charge in [-0.05, 0) is 38.6 Å². The molecule has 0 radical (unpaired) electrons. The van der Waals surface area contributed by atoms with Gasteiger partial charge in [0.1, 0.15) is 0 Å². The van der Waals surface area contributed by atoms with Gasteiger partial charge in [-0.25, -0.2) is 0 Å². The minimum absolute atomic E-state index is 0.738. The molecular weight excluding hydrogens is 194 g/mol. The largest absolute Gasteiger partial charge is 0.314 e. The van der Waals surface area contributed by atoms with Crippen molar-refractivity contribution in [1.29, 1.82) is 0 Å². The van der Waals surface area contributed by atoms with Crippen LogP contribution in [0.2, 0.25) is 0 Å². The maximum atomic E-state index is 3.72. The lowest BCUT2D eigenvalue weighted by Gasteiger charge is -2.16. The van der Waals surface area contributed by atoms with Crippen LogP contribution in [0.15, 0.2) is 0 Å². The fourth-order valence-corrected chi connectivity index (χ4v) is 2.74. The summed E-state index contributed by atoms with van der Waals surface area (Å²) in [4.78, 5) is 0. The molecule has 0 aromatic rings. The average Bonchev–Trinajstić information content (AvgIpc) is 2.79. The second-order valence-corrected chi connectivity index (χ2v) is 5.66. The predicted molar refractivity (Wildman–Crippen MR) is 72.8 cm³/mol. The molecule has 1 unspecified atom stereocenters. The van der Waals surface area contributed by atoms with Crippen LogP contribution >= 0.6 is 0 Å². The zero-order valence-corrected chi connectivity index (χ0v) is 11.4. The van der Waals surface area contributed by atoms with Crippen molar-refractivity contribution in [2.24, 2.45) is 5.92 Å². The van der Waals surface area contributed by atoms with Gasteiger partial charge in [-0.3, -0.25) is 0 Å². The molecule has 1 fully saturated rings. The third-order valence-electron chi connectivity index (χ3n) is 3.97. The van der Waals surface area contributed by atoms with Gasteiger partial charge in [0, 0.05) is 6.04 Å². The van der Waals surface area contributed by atoms with Crippen molar-refractivity contribution in [2.75, 3.05) is 6.54 Å². The molecule has 1 nitrogen and oxygen atoms in total. The summed E-state index contributed by atoms with van der Waals surface area (Å²) in [5.41, 5.74) is 0. The molecule has 1 rings (SSSR count). The molecule has 0 amide bonds. The van der Waals surface area contributed by atoms with Crippen LogP contribution in [0.5, 0.6) is 0 Å². The maximum Gasteiger partial charge on any atom is 0.00388 e. The van der Waals surface area contributed by atoms with E-state index in [-0.39, 0.29) is 0 Å². The molecule has 1 aliphatic carbocycles. The van der Waals surface area contributed by atoms with E-state index in [1.165, 1.54) is 70.8 Å². The summed E-state index contributed by atoms with van der Waals surface area (Å²) in [5.74, 6) is 0.988. The van der Waals surface area contributed by atoms with Gasteiger partial charge in [0.15, 0.2) is 0 Å². The van der Waals surface area contributed by atoms with E-state index in [0.717, 1.165) is 12.0 Å². The van der Waals surface area contributed by atoms with Crippen molar-refractivity contribution in [1.82, 2.24) is 5.32 Å². The first-order valence-corrected chi connectivity index (χ1v) is 7.56. The second kappa shape index (κ2) is 9.04. The second-order valence-electron chi connectivity index (χ2n) is 5.66. The van der Waals surface area contributed by atoms with Crippen LogP contribution in [0, 0.1) is 5.92 Å². The average molecular weight is 225 g/mol.